The van der Waals surface area contributed by atoms with Crippen LogP contribution in [0.4, 0.5) is 0 Å². The fraction of sp³-hybridized carbons (Fsp3) is 0.600. The van der Waals surface area contributed by atoms with Gasteiger partial charge < -0.3 is 10.1 Å². The van der Waals surface area contributed by atoms with Crippen molar-refractivity contribution in [3.63, 3.8) is 0 Å². The van der Waals surface area contributed by atoms with Crippen molar-refractivity contribution in [2.75, 3.05) is 33.8 Å². The summed E-state index contributed by atoms with van der Waals surface area (Å²) < 4.78 is 31.7. The van der Waals surface area contributed by atoms with Gasteiger partial charge in [-0.2, -0.15) is 0 Å². The molecule has 1 aromatic carbocycles. The summed E-state index contributed by atoms with van der Waals surface area (Å²) >= 11 is 0. The van der Waals surface area contributed by atoms with Crippen LogP contribution in [0.15, 0.2) is 29.2 Å². The van der Waals surface area contributed by atoms with E-state index in [1.54, 1.807) is 31.3 Å². The first-order chi connectivity index (χ1) is 9.87. The number of ether oxygens (including phenoxy) is 1. The van der Waals surface area contributed by atoms with Crippen molar-refractivity contribution in [2.24, 2.45) is 5.92 Å². The maximum atomic E-state index is 12.4. The Morgan fingerprint density at radius 2 is 1.86 bits per heavy atom. The average Bonchev–Trinajstić information content (AvgIpc) is 2.45. The van der Waals surface area contributed by atoms with Crippen LogP contribution >= 0.6 is 0 Å². The van der Waals surface area contributed by atoms with Crippen LogP contribution in [0.2, 0.25) is 0 Å². The average molecular weight is 314 g/mol. The van der Waals surface area contributed by atoms with Crippen LogP contribution < -0.4 is 10.1 Å². The number of rotatable bonds is 9. The van der Waals surface area contributed by atoms with Crippen LogP contribution in [-0.4, -0.2) is 46.5 Å². The third-order valence-electron chi connectivity index (χ3n) is 3.02. The Balaban J connectivity index is 2.70. The summed E-state index contributed by atoms with van der Waals surface area (Å²) in [5.74, 6) is 1.13. The first kappa shape index (κ1) is 17.9. The van der Waals surface area contributed by atoms with E-state index >= 15 is 0 Å². The SMILES string of the molecule is CNCCCN(C)S(=O)(=O)c1ccc(OCC(C)C)cc1. The molecule has 0 heterocycles. The molecule has 1 N–H and O–H groups in total. The molecular weight excluding hydrogens is 288 g/mol. The third kappa shape index (κ3) is 5.65. The highest BCUT2D eigenvalue weighted by Crippen LogP contribution is 2.19. The van der Waals surface area contributed by atoms with Gasteiger partial charge in [-0.1, -0.05) is 13.8 Å². The second-order valence-corrected chi connectivity index (χ2v) is 7.50. The zero-order valence-corrected chi connectivity index (χ0v) is 14.1. The molecule has 1 rings (SSSR count). The molecule has 0 spiro atoms. The summed E-state index contributed by atoms with van der Waals surface area (Å²) in [5, 5.41) is 3.01. The zero-order chi connectivity index (χ0) is 15.9. The molecular formula is C15H26N2O3S. The topological polar surface area (TPSA) is 58.6 Å². The Bertz CT molecular complexity index is 512. The number of nitrogens with one attached hydrogen (secondary N) is 1. The van der Waals surface area contributed by atoms with Gasteiger partial charge in [-0.25, -0.2) is 12.7 Å². The van der Waals surface area contributed by atoms with Crippen LogP contribution in [0.1, 0.15) is 20.3 Å². The second kappa shape index (κ2) is 8.36. The van der Waals surface area contributed by atoms with Crippen LogP contribution in [0.25, 0.3) is 0 Å². The van der Waals surface area contributed by atoms with E-state index in [0.29, 0.717) is 29.7 Å². The lowest BCUT2D eigenvalue weighted by Gasteiger charge is -2.17. The molecule has 1 aromatic rings. The molecule has 0 aliphatic heterocycles. The van der Waals surface area contributed by atoms with Gasteiger partial charge in [-0.05, 0) is 50.2 Å². The standard InChI is InChI=1S/C15H26N2O3S/c1-13(2)12-20-14-6-8-15(9-7-14)21(18,19)17(4)11-5-10-16-3/h6-9,13,16H,5,10-12H2,1-4H3. The van der Waals surface area contributed by atoms with Gasteiger partial charge in [0, 0.05) is 13.6 Å². The van der Waals surface area contributed by atoms with Crippen LogP contribution in [0, 0.1) is 5.92 Å². The fourth-order valence-electron chi connectivity index (χ4n) is 1.75. The highest BCUT2D eigenvalue weighted by atomic mass is 32.2. The fourth-order valence-corrected chi connectivity index (χ4v) is 2.96. The highest BCUT2D eigenvalue weighted by Gasteiger charge is 2.20. The van der Waals surface area contributed by atoms with Crippen molar-refractivity contribution >= 4 is 10.0 Å². The molecule has 0 radical (unpaired) electrons. The van der Waals surface area contributed by atoms with Gasteiger partial charge in [-0.15, -0.1) is 0 Å². The van der Waals surface area contributed by atoms with Gasteiger partial charge in [0.25, 0.3) is 0 Å². The van der Waals surface area contributed by atoms with Gasteiger partial charge in [0.15, 0.2) is 0 Å². The monoisotopic (exact) mass is 314 g/mol. The minimum absolute atomic E-state index is 0.298. The number of hydrogen-bond acceptors (Lipinski definition) is 4. The van der Waals surface area contributed by atoms with Crippen molar-refractivity contribution < 1.29 is 13.2 Å². The minimum atomic E-state index is -3.42. The smallest absolute Gasteiger partial charge is 0.242 e. The lowest BCUT2D eigenvalue weighted by Crippen LogP contribution is -2.29. The molecule has 0 atom stereocenters. The normalized spacial score (nSPS) is 12.1. The van der Waals surface area contributed by atoms with Crippen molar-refractivity contribution in [3.8, 4) is 5.75 Å². The molecule has 0 aliphatic rings. The summed E-state index contributed by atoms with van der Waals surface area (Å²) in [6.07, 6.45) is 0.780. The lowest BCUT2D eigenvalue weighted by molar-refractivity contribution is 0.271. The molecule has 0 saturated carbocycles. The van der Waals surface area contributed by atoms with Crippen molar-refractivity contribution in [1.82, 2.24) is 9.62 Å². The van der Waals surface area contributed by atoms with Gasteiger partial charge in [0.05, 0.1) is 11.5 Å². The molecule has 120 valence electrons. The predicted octanol–water partition coefficient (Wildman–Crippen LogP) is 1.95. The molecule has 6 heteroatoms. The zero-order valence-electron chi connectivity index (χ0n) is 13.3. The van der Waals surface area contributed by atoms with Crippen LogP contribution in [-0.2, 0) is 10.0 Å². The Labute approximate surface area is 128 Å². The van der Waals surface area contributed by atoms with Gasteiger partial charge in [0.1, 0.15) is 5.75 Å². The summed E-state index contributed by atoms with van der Waals surface area (Å²) in [7, 11) is 0.0394. The lowest BCUT2D eigenvalue weighted by atomic mass is 10.2. The van der Waals surface area contributed by atoms with Crippen molar-refractivity contribution in [2.45, 2.75) is 25.2 Å². The molecule has 0 amide bonds. The first-order valence-corrected chi connectivity index (χ1v) is 8.65. The Morgan fingerprint density at radius 3 is 2.38 bits per heavy atom. The summed E-state index contributed by atoms with van der Waals surface area (Å²) in [4.78, 5) is 0.298. The van der Waals surface area contributed by atoms with Crippen LogP contribution in [0.3, 0.4) is 0 Å². The summed E-state index contributed by atoms with van der Waals surface area (Å²) in [6.45, 7) is 6.05. The summed E-state index contributed by atoms with van der Waals surface area (Å²) in [6, 6.07) is 6.60. The minimum Gasteiger partial charge on any atom is -0.493 e. The van der Waals surface area contributed by atoms with E-state index < -0.39 is 10.0 Å². The Morgan fingerprint density at radius 1 is 1.24 bits per heavy atom. The molecule has 0 saturated heterocycles. The number of hydrogen-bond donors (Lipinski definition) is 1. The largest absolute Gasteiger partial charge is 0.493 e. The van der Waals surface area contributed by atoms with E-state index in [1.807, 2.05) is 7.05 Å². The Kier molecular flexibility index (Phi) is 7.14. The molecule has 0 fully saturated rings. The number of benzene rings is 1. The molecule has 0 bridgehead atoms. The van der Waals surface area contributed by atoms with Gasteiger partial charge in [-0.3, -0.25) is 0 Å². The number of nitrogens with zero attached hydrogens (tertiary/aromatic N) is 1. The maximum Gasteiger partial charge on any atom is 0.242 e. The van der Waals surface area contributed by atoms with Crippen LogP contribution in [0.5, 0.6) is 5.75 Å². The van der Waals surface area contributed by atoms with E-state index in [-0.39, 0.29) is 0 Å². The molecule has 0 aliphatic carbocycles. The molecule has 0 unspecified atom stereocenters. The van der Waals surface area contributed by atoms with Crippen molar-refractivity contribution in [1.29, 1.82) is 0 Å². The molecule has 0 aromatic heterocycles. The van der Waals surface area contributed by atoms with E-state index in [0.717, 1.165) is 13.0 Å². The van der Waals surface area contributed by atoms with E-state index in [2.05, 4.69) is 19.2 Å². The Hall–Kier alpha value is -1.11. The molecule has 5 nitrogen and oxygen atoms in total. The second-order valence-electron chi connectivity index (χ2n) is 5.46. The van der Waals surface area contributed by atoms with E-state index in [9.17, 15) is 8.42 Å². The third-order valence-corrected chi connectivity index (χ3v) is 4.89. The summed E-state index contributed by atoms with van der Waals surface area (Å²) in [5.41, 5.74) is 0. The molecule has 21 heavy (non-hydrogen) atoms. The predicted molar refractivity (Wildman–Crippen MR) is 85.1 cm³/mol. The van der Waals surface area contributed by atoms with E-state index in [4.69, 9.17) is 4.74 Å². The number of sulfonamides is 1. The first-order valence-electron chi connectivity index (χ1n) is 7.21. The van der Waals surface area contributed by atoms with Gasteiger partial charge >= 0.3 is 0 Å². The van der Waals surface area contributed by atoms with E-state index in [1.165, 1.54) is 4.31 Å². The van der Waals surface area contributed by atoms with Gasteiger partial charge in [0.2, 0.25) is 10.0 Å². The highest BCUT2D eigenvalue weighted by molar-refractivity contribution is 7.89. The quantitative estimate of drug-likeness (QED) is 0.708. The van der Waals surface area contributed by atoms with Crippen molar-refractivity contribution in [3.05, 3.63) is 24.3 Å². The maximum absolute atomic E-state index is 12.4.